The Balaban J connectivity index is 1.60. The molecule has 2 amide bonds. The number of nitro groups is 1. The van der Waals surface area contributed by atoms with E-state index in [1.54, 1.807) is 17.5 Å². The second kappa shape index (κ2) is 10.7. The third-order valence-corrected chi connectivity index (χ3v) is 6.96. The first-order valence-corrected chi connectivity index (χ1v) is 12.1. The van der Waals surface area contributed by atoms with Crippen LogP contribution < -0.4 is 14.9 Å². The van der Waals surface area contributed by atoms with Crippen LogP contribution in [0.2, 0.25) is 0 Å². The van der Waals surface area contributed by atoms with Gasteiger partial charge in [0.15, 0.2) is 15.8 Å². The molecule has 0 spiro atoms. The van der Waals surface area contributed by atoms with E-state index >= 15 is 0 Å². The number of amides is 2. The Morgan fingerprint density at radius 1 is 1.20 bits per heavy atom. The smallest absolute Gasteiger partial charge is 0.285 e. The summed E-state index contributed by atoms with van der Waals surface area (Å²) in [6.07, 6.45) is 1.35. The number of thiophene rings is 1. The molecule has 0 bridgehead atoms. The van der Waals surface area contributed by atoms with Gasteiger partial charge in [-0.05, 0) is 41.4 Å². The van der Waals surface area contributed by atoms with E-state index in [-0.39, 0.29) is 38.6 Å². The van der Waals surface area contributed by atoms with E-state index in [1.807, 2.05) is 30.3 Å². The zero-order chi connectivity index (χ0) is 24.9. The van der Waals surface area contributed by atoms with Crippen molar-refractivity contribution in [3.8, 4) is 11.5 Å². The fourth-order valence-electron chi connectivity index (χ4n) is 3.12. The number of ether oxygens (including phenoxy) is 2. The van der Waals surface area contributed by atoms with Crippen molar-refractivity contribution in [2.24, 2.45) is 0 Å². The predicted octanol–water partition coefficient (Wildman–Crippen LogP) is 4.79. The number of thioether (sulfide) groups is 1. The third kappa shape index (κ3) is 5.50. The number of benzene rings is 2. The summed E-state index contributed by atoms with van der Waals surface area (Å²) in [6, 6.07) is 15.3. The predicted molar refractivity (Wildman–Crippen MR) is 137 cm³/mol. The molecule has 3 aromatic rings. The molecular weight excluding hydrogens is 510 g/mol. The first kappa shape index (κ1) is 24.4. The van der Waals surface area contributed by atoms with Crippen molar-refractivity contribution < 1.29 is 24.0 Å². The third-order valence-electron chi connectivity index (χ3n) is 4.79. The van der Waals surface area contributed by atoms with Crippen LogP contribution in [0.25, 0.3) is 6.08 Å². The average Bonchev–Trinajstić information content (AvgIpc) is 3.48. The van der Waals surface area contributed by atoms with Gasteiger partial charge < -0.3 is 9.47 Å². The summed E-state index contributed by atoms with van der Waals surface area (Å²) in [7, 11) is 1.42. The lowest BCUT2D eigenvalue weighted by molar-refractivity contribution is -0.385. The molecule has 1 aromatic heterocycles. The molecule has 9 nitrogen and oxygen atoms in total. The van der Waals surface area contributed by atoms with Crippen LogP contribution in [0.3, 0.4) is 0 Å². The summed E-state index contributed by atoms with van der Waals surface area (Å²) in [5.41, 5.74) is 3.21. The highest BCUT2D eigenvalue weighted by molar-refractivity contribution is 8.26. The van der Waals surface area contributed by atoms with Gasteiger partial charge in [-0.1, -0.05) is 48.2 Å². The van der Waals surface area contributed by atoms with Gasteiger partial charge in [-0.2, -0.15) is 5.01 Å². The SMILES string of the molecule is COc1cc(/C=C2/SC(=S)N(NC(=O)c3cccs3)C2=O)c([N+](=O)[O-])cc1OCc1ccccc1. The lowest BCUT2D eigenvalue weighted by Gasteiger charge is -2.14. The van der Waals surface area contributed by atoms with Gasteiger partial charge in [0.25, 0.3) is 17.5 Å². The van der Waals surface area contributed by atoms with Gasteiger partial charge in [0.1, 0.15) is 6.61 Å². The zero-order valence-corrected chi connectivity index (χ0v) is 20.6. The van der Waals surface area contributed by atoms with Crippen LogP contribution in [0.5, 0.6) is 11.5 Å². The quantitative estimate of drug-likeness (QED) is 0.193. The molecule has 1 aliphatic rings. The van der Waals surface area contributed by atoms with Crippen LogP contribution in [-0.2, 0) is 11.4 Å². The molecular formula is C23H17N3O6S3. The molecule has 35 heavy (non-hydrogen) atoms. The van der Waals surface area contributed by atoms with Crippen LogP contribution in [0.15, 0.2) is 64.9 Å². The summed E-state index contributed by atoms with van der Waals surface area (Å²) in [5, 5.41) is 14.5. The number of hydrogen-bond donors (Lipinski definition) is 1. The van der Waals surface area contributed by atoms with Crippen molar-refractivity contribution in [2.45, 2.75) is 6.61 Å². The number of methoxy groups -OCH3 is 1. The summed E-state index contributed by atoms with van der Waals surface area (Å²) < 4.78 is 11.2. The zero-order valence-electron chi connectivity index (χ0n) is 18.1. The second-order valence-electron chi connectivity index (χ2n) is 7.03. The van der Waals surface area contributed by atoms with Crippen molar-refractivity contribution >= 4 is 63.2 Å². The molecule has 4 rings (SSSR count). The molecule has 0 atom stereocenters. The minimum Gasteiger partial charge on any atom is -0.493 e. The Bertz CT molecular complexity index is 1330. The minimum atomic E-state index is -0.595. The van der Waals surface area contributed by atoms with E-state index in [1.165, 1.54) is 36.7 Å². The van der Waals surface area contributed by atoms with Crippen molar-refractivity contribution in [3.63, 3.8) is 0 Å². The molecule has 178 valence electrons. The van der Waals surface area contributed by atoms with E-state index in [2.05, 4.69) is 5.43 Å². The standard InChI is InChI=1S/C23H17N3O6S3/c1-31-17-10-15(16(26(29)30)12-18(17)32-13-14-6-3-2-4-7-14)11-20-22(28)25(23(33)35-20)24-21(27)19-8-5-9-34-19/h2-12H,13H2,1H3,(H,24,27)/b20-11+. The van der Waals surface area contributed by atoms with E-state index in [9.17, 15) is 19.7 Å². The van der Waals surface area contributed by atoms with E-state index in [0.717, 1.165) is 22.3 Å². The highest BCUT2D eigenvalue weighted by Crippen LogP contribution is 2.39. The van der Waals surface area contributed by atoms with Gasteiger partial charge >= 0.3 is 0 Å². The van der Waals surface area contributed by atoms with Crippen molar-refractivity contribution in [3.05, 3.63) is 91.0 Å². The lowest BCUT2D eigenvalue weighted by Crippen LogP contribution is -2.44. The fraction of sp³-hybridized carbons (Fsp3) is 0.0870. The van der Waals surface area contributed by atoms with Crippen LogP contribution in [0.4, 0.5) is 5.69 Å². The first-order valence-electron chi connectivity index (χ1n) is 10.0. The Morgan fingerprint density at radius 3 is 2.63 bits per heavy atom. The van der Waals surface area contributed by atoms with Crippen LogP contribution in [0, 0.1) is 10.1 Å². The van der Waals surface area contributed by atoms with Gasteiger partial charge in [0.2, 0.25) is 0 Å². The lowest BCUT2D eigenvalue weighted by atomic mass is 10.1. The summed E-state index contributed by atoms with van der Waals surface area (Å²) >= 11 is 7.37. The topological polar surface area (TPSA) is 111 Å². The normalized spacial score (nSPS) is 14.3. The first-order chi connectivity index (χ1) is 16.9. The summed E-state index contributed by atoms with van der Waals surface area (Å²) in [5.74, 6) is -0.622. The number of nitrogens with one attached hydrogen (secondary N) is 1. The van der Waals surface area contributed by atoms with E-state index in [0.29, 0.717) is 4.88 Å². The monoisotopic (exact) mass is 527 g/mol. The van der Waals surface area contributed by atoms with Gasteiger partial charge in [-0.3, -0.25) is 25.1 Å². The van der Waals surface area contributed by atoms with Gasteiger partial charge in [0.05, 0.1) is 33.4 Å². The number of carbonyl (C=O) groups excluding carboxylic acids is 2. The van der Waals surface area contributed by atoms with Crippen LogP contribution in [-0.4, -0.2) is 33.2 Å². The Kier molecular flexibility index (Phi) is 7.44. The number of hydrogen-bond acceptors (Lipinski definition) is 9. The molecule has 1 saturated heterocycles. The second-order valence-corrected chi connectivity index (χ2v) is 9.65. The fourth-order valence-corrected chi connectivity index (χ4v) is 4.90. The number of hydrazine groups is 1. The molecule has 12 heteroatoms. The average molecular weight is 528 g/mol. The molecule has 0 radical (unpaired) electrons. The molecule has 1 aliphatic heterocycles. The minimum absolute atomic E-state index is 0.101. The summed E-state index contributed by atoms with van der Waals surface area (Å²) in [4.78, 5) is 37.0. The van der Waals surface area contributed by atoms with Gasteiger partial charge in [-0.25, -0.2) is 0 Å². The molecule has 2 heterocycles. The Labute approximate surface area is 213 Å². The molecule has 0 aliphatic carbocycles. The van der Waals surface area contributed by atoms with Crippen molar-refractivity contribution in [2.75, 3.05) is 7.11 Å². The number of rotatable bonds is 8. The highest BCUT2D eigenvalue weighted by atomic mass is 32.2. The summed E-state index contributed by atoms with van der Waals surface area (Å²) in [6.45, 7) is 0.191. The molecule has 2 aromatic carbocycles. The van der Waals surface area contributed by atoms with E-state index < -0.39 is 16.7 Å². The van der Waals surface area contributed by atoms with Gasteiger partial charge in [-0.15, -0.1) is 11.3 Å². The molecule has 1 fully saturated rings. The largest absolute Gasteiger partial charge is 0.493 e. The molecule has 1 N–H and O–H groups in total. The highest BCUT2D eigenvalue weighted by Gasteiger charge is 2.34. The number of nitro benzene ring substituents is 1. The molecule has 0 unspecified atom stereocenters. The van der Waals surface area contributed by atoms with Gasteiger partial charge in [0, 0.05) is 0 Å². The van der Waals surface area contributed by atoms with Crippen molar-refractivity contribution in [1.29, 1.82) is 0 Å². The Hall–Kier alpha value is -3.74. The van der Waals surface area contributed by atoms with Crippen molar-refractivity contribution in [1.82, 2.24) is 10.4 Å². The number of thiocarbonyl (C=S) groups is 1. The maximum Gasteiger partial charge on any atom is 0.285 e. The van der Waals surface area contributed by atoms with E-state index in [4.69, 9.17) is 21.7 Å². The molecule has 0 saturated carbocycles. The number of carbonyl (C=O) groups is 2. The van der Waals surface area contributed by atoms with Crippen LogP contribution >= 0.6 is 35.3 Å². The maximum atomic E-state index is 12.9. The van der Waals surface area contributed by atoms with Crippen LogP contribution in [0.1, 0.15) is 20.8 Å². The number of nitrogens with zero attached hydrogens (tertiary/aromatic N) is 2. The Morgan fingerprint density at radius 2 is 1.97 bits per heavy atom. The maximum absolute atomic E-state index is 12.9.